The SMILES string of the molecule is CCOc1cccc(C2c3c(-c4ccc(C)cc4)nn(C4CCS(=O)(=O)C4)c3C(=O)N2CCc2ccccc2)c1. The molecule has 0 N–H and O–H groups in total. The van der Waals surface area contributed by atoms with Gasteiger partial charge in [-0.15, -0.1) is 0 Å². The van der Waals surface area contributed by atoms with E-state index in [1.54, 1.807) is 4.68 Å². The lowest BCUT2D eigenvalue weighted by Gasteiger charge is -2.27. The Labute approximate surface area is 235 Å². The van der Waals surface area contributed by atoms with Gasteiger partial charge < -0.3 is 9.64 Å². The van der Waals surface area contributed by atoms with E-state index in [9.17, 15) is 13.2 Å². The summed E-state index contributed by atoms with van der Waals surface area (Å²) < 4.78 is 32.5. The van der Waals surface area contributed by atoms with Crippen LogP contribution in [-0.2, 0) is 16.3 Å². The summed E-state index contributed by atoms with van der Waals surface area (Å²) >= 11 is 0. The number of sulfone groups is 1. The highest BCUT2D eigenvalue weighted by Gasteiger charge is 2.46. The summed E-state index contributed by atoms with van der Waals surface area (Å²) in [4.78, 5) is 16.3. The van der Waals surface area contributed by atoms with Crippen LogP contribution in [0.4, 0.5) is 0 Å². The summed E-state index contributed by atoms with van der Waals surface area (Å²) in [6.45, 7) is 5.04. The van der Waals surface area contributed by atoms with Gasteiger partial charge in [-0.1, -0.05) is 72.3 Å². The van der Waals surface area contributed by atoms with Crippen molar-refractivity contribution in [2.45, 2.75) is 38.8 Å². The molecule has 0 bridgehead atoms. The molecule has 6 rings (SSSR count). The van der Waals surface area contributed by atoms with Crippen LogP contribution in [0.15, 0.2) is 78.9 Å². The van der Waals surface area contributed by atoms with Crippen LogP contribution >= 0.6 is 0 Å². The number of amides is 1. The van der Waals surface area contributed by atoms with Crippen molar-refractivity contribution in [1.82, 2.24) is 14.7 Å². The molecule has 1 fully saturated rings. The van der Waals surface area contributed by atoms with E-state index >= 15 is 0 Å². The summed E-state index contributed by atoms with van der Waals surface area (Å²) in [6, 6.07) is 25.4. The molecule has 206 valence electrons. The normalized spacial score (nSPS) is 19.6. The van der Waals surface area contributed by atoms with Gasteiger partial charge in [0, 0.05) is 17.7 Å². The first kappa shape index (κ1) is 26.3. The summed E-state index contributed by atoms with van der Waals surface area (Å²) in [5.74, 6) is 0.733. The number of aryl methyl sites for hydroxylation is 1. The van der Waals surface area contributed by atoms with E-state index in [2.05, 4.69) is 12.1 Å². The van der Waals surface area contributed by atoms with E-state index in [4.69, 9.17) is 9.84 Å². The Balaban J connectivity index is 1.52. The molecule has 2 aliphatic heterocycles. The summed E-state index contributed by atoms with van der Waals surface area (Å²) in [7, 11) is -3.18. The molecule has 3 aromatic carbocycles. The van der Waals surface area contributed by atoms with E-state index in [-0.39, 0.29) is 29.5 Å². The van der Waals surface area contributed by atoms with Crippen molar-refractivity contribution in [2.24, 2.45) is 0 Å². The maximum atomic E-state index is 14.3. The Kier molecular flexibility index (Phi) is 6.96. The number of rotatable bonds is 8. The van der Waals surface area contributed by atoms with E-state index < -0.39 is 9.84 Å². The number of hydrogen-bond donors (Lipinski definition) is 0. The van der Waals surface area contributed by atoms with Crippen LogP contribution in [0.5, 0.6) is 5.75 Å². The molecule has 4 aromatic rings. The molecule has 40 heavy (non-hydrogen) atoms. The number of carbonyl (C=O) groups is 1. The van der Waals surface area contributed by atoms with E-state index in [1.807, 2.05) is 85.5 Å². The summed E-state index contributed by atoms with van der Waals surface area (Å²) in [5.41, 5.74) is 6.18. The van der Waals surface area contributed by atoms with Gasteiger partial charge in [-0.25, -0.2) is 8.42 Å². The van der Waals surface area contributed by atoms with Crippen molar-refractivity contribution in [1.29, 1.82) is 0 Å². The van der Waals surface area contributed by atoms with Crippen LogP contribution < -0.4 is 4.74 Å². The second-order valence-electron chi connectivity index (χ2n) is 10.6. The third-order valence-electron chi connectivity index (χ3n) is 7.84. The monoisotopic (exact) mass is 555 g/mol. The molecule has 0 radical (unpaired) electrons. The Morgan fingerprint density at radius 1 is 1.00 bits per heavy atom. The number of fused-ring (bicyclic) bond motifs is 1. The van der Waals surface area contributed by atoms with E-state index in [0.29, 0.717) is 31.7 Å². The zero-order valence-electron chi connectivity index (χ0n) is 22.8. The Morgan fingerprint density at radius 3 is 2.48 bits per heavy atom. The molecule has 1 aromatic heterocycles. The van der Waals surface area contributed by atoms with E-state index in [1.165, 1.54) is 0 Å². The lowest BCUT2D eigenvalue weighted by Crippen LogP contribution is -2.33. The Hall–Kier alpha value is -3.91. The smallest absolute Gasteiger partial charge is 0.273 e. The fraction of sp³-hybridized carbons (Fsp3) is 0.312. The van der Waals surface area contributed by atoms with Gasteiger partial charge in [0.05, 0.1) is 35.9 Å². The highest BCUT2D eigenvalue weighted by Crippen LogP contribution is 2.46. The molecule has 2 aliphatic rings. The lowest BCUT2D eigenvalue weighted by molar-refractivity contribution is 0.0738. The number of carbonyl (C=O) groups excluding carboxylic acids is 1. The molecule has 0 spiro atoms. The van der Waals surface area contributed by atoms with Gasteiger partial charge >= 0.3 is 0 Å². The molecule has 1 saturated heterocycles. The lowest BCUT2D eigenvalue weighted by atomic mass is 9.95. The van der Waals surface area contributed by atoms with Gasteiger partial charge in [0.15, 0.2) is 9.84 Å². The summed E-state index contributed by atoms with van der Waals surface area (Å²) in [6.07, 6.45) is 1.15. The first-order chi connectivity index (χ1) is 19.3. The predicted octanol–water partition coefficient (Wildman–Crippen LogP) is 5.40. The fourth-order valence-electron chi connectivity index (χ4n) is 5.90. The number of ether oxygens (including phenoxy) is 1. The van der Waals surface area contributed by atoms with Gasteiger partial charge in [-0.2, -0.15) is 5.10 Å². The van der Waals surface area contributed by atoms with Gasteiger partial charge in [0.2, 0.25) is 0 Å². The maximum Gasteiger partial charge on any atom is 0.273 e. The molecule has 2 unspecified atom stereocenters. The van der Waals surface area contributed by atoms with Crippen molar-refractivity contribution in [2.75, 3.05) is 24.7 Å². The standard InChI is InChI=1S/C32H33N3O4S/c1-3-39-27-11-7-10-25(20-27)30-28-29(24-14-12-22(2)13-15-24)33-35(26-17-19-40(37,38)21-26)31(28)32(36)34(30)18-16-23-8-5-4-6-9-23/h4-15,20,26,30H,3,16-19,21H2,1-2H3. The Bertz CT molecular complexity index is 1650. The molecule has 1 amide bonds. The van der Waals surface area contributed by atoms with Gasteiger partial charge in [0.1, 0.15) is 11.4 Å². The van der Waals surface area contributed by atoms with Crippen LogP contribution in [0.25, 0.3) is 11.3 Å². The van der Waals surface area contributed by atoms with Crippen molar-refractivity contribution >= 4 is 15.7 Å². The minimum absolute atomic E-state index is 0.00373. The van der Waals surface area contributed by atoms with E-state index in [0.717, 1.165) is 39.3 Å². The average molecular weight is 556 g/mol. The zero-order valence-corrected chi connectivity index (χ0v) is 23.6. The third kappa shape index (κ3) is 4.92. The largest absolute Gasteiger partial charge is 0.494 e. The second-order valence-corrected chi connectivity index (χ2v) is 12.8. The molecule has 0 aliphatic carbocycles. The summed E-state index contributed by atoms with van der Waals surface area (Å²) in [5, 5.41) is 4.99. The number of benzene rings is 3. The maximum absolute atomic E-state index is 14.3. The number of hydrogen-bond acceptors (Lipinski definition) is 5. The van der Waals surface area contributed by atoms with Crippen LogP contribution in [0.3, 0.4) is 0 Å². The molecule has 2 atom stereocenters. The van der Waals surface area contributed by atoms with Crippen molar-refractivity contribution in [3.63, 3.8) is 0 Å². The predicted molar refractivity (Wildman–Crippen MR) is 155 cm³/mol. The van der Waals surface area contributed by atoms with Crippen LogP contribution in [0, 0.1) is 6.92 Å². The quantitative estimate of drug-likeness (QED) is 0.291. The van der Waals surface area contributed by atoms with Gasteiger partial charge in [-0.3, -0.25) is 9.48 Å². The molecular weight excluding hydrogens is 522 g/mol. The molecular formula is C32H33N3O4S. The van der Waals surface area contributed by atoms with Crippen molar-refractivity contribution < 1.29 is 17.9 Å². The van der Waals surface area contributed by atoms with Gasteiger partial charge in [0.25, 0.3) is 5.91 Å². The number of aromatic nitrogens is 2. The Morgan fingerprint density at radius 2 is 1.77 bits per heavy atom. The second kappa shape index (κ2) is 10.6. The van der Waals surface area contributed by atoms with Crippen molar-refractivity contribution in [3.8, 4) is 17.0 Å². The highest BCUT2D eigenvalue weighted by molar-refractivity contribution is 7.91. The van der Waals surface area contributed by atoms with Crippen LogP contribution in [0.1, 0.15) is 58.2 Å². The highest BCUT2D eigenvalue weighted by atomic mass is 32.2. The van der Waals surface area contributed by atoms with Crippen LogP contribution in [-0.4, -0.2) is 53.7 Å². The minimum atomic E-state index is -3.18. The van der Waals surface area contributed by atoms with Crippen LogP contribution in [0.2, 0.25) is 0 Å². The molecule has 8 heteroatoms. The van der Waals surface area contributed by atoms with Gasteiger partial charge in [-0.05, 0) is 49.9 Å². The average Bonchev–Trinajstić information content (AvgIpc) is 3.60. The first-order valence-corrected chi connectivity index (χ1v) is 15.6. The zero-order chi connectivity index (χ0) is 27.9. The van der Waals surface area contributed by atoms with Crippen molar-refractivity contribution in [3.05, 3.63) is 107 Å². The molecule has 3 heterocycles. The minimum Gasteiger partial charge on any atom is -0.494 e. The fourth-order valence-corrected chi connectivity index (χ4v) is 7.59. The first-order valence-electron chi connectivity index (χ1n) is 13.8. The number of nitrogens with zero attached hydrogens (tertiary/aromatic N) is 3. The third-order valence-corrected chi connectivity index (χ3v) is 9.59. The molecule has 7 nitrogen and oxygen atoms in total. The molecule has 0 saturated carbocycles. The topological polar surface area (TPSA) is 81.5 Å².